The summed E-state index contributed by atoms with van der Waals surface area (Å²) >= 11 is -0.259. The Labute approximate surface area is 175 Å². The number of nitrogens with one attached hydrogen (secondary N) is 1. The van der Waals surface area contributed by atoms with E-state index in [1.165, 1.54) is 18.2 Å². The van der Waals surface area contributed by atoms with Crippen LogP contribution in [0.3, 0.4) is 0 Å². The van der Waals surface area contributed by atoms with E-state index in [9.17, 15) is 18.0 Å². The average Bonchev–Trinajstić information content (AvgIpc) is 2.99. The Kier molecular flexibility index (Phi) is 6.71. The van der Waals surface area contributed by atoms with E-state index in [0.29, 0.717) is 23.7 Å². The molecular weight excluding hydrogens is 417 g/mol. The zero-order valence-corrected chi connectivity index (χ0v) is 17.1. The van der Waals surface area contributed by atoms with Crippen molar-refractivity contribution in [3.8, 4) is 5.75 Å². The van der Waals surface area contributed by atoms with Crippen LogP contribution in [0.1, 0.15) is 22.6 Å². The van der Waals surface area contributed by atoms with Crippen molar-refractivity contribution in [1.82, 2.24) is 5.16 Å². The Balaban J connectivity index is 1.57. The second-order valence-electron chi connectivity index (χ2n) is 6.50. The Morgan fingerprint density at radius 2 is 1.83 bits per heavy atom. The van der Waals surface area contributed by atoms with E-state index in [1.807, 2.05) is 13.8 Å². The van der Waals surface area contributed by atoms with Gasteiger partial charge in [-0.05, 0) is 55.4 Å². The van der Waals surface area contributed by atoms with Gasteiger partial charge in [0.15, 0.2) is 0 Å². The lowest BCUT2D eigenvalue weighted by Gasteiger charge is -2.12. The van der Waals surface area contributed by atoms with Gasteiger partial charge in [0.1, 0.15) is 18.1 Å². The number of carbonyl (C=O) groups excluding carboxylic acids is 1. The van der Waals surface area contributed by atoms with E-state index in [4.69, 9.17) is 9.26 Å². The maximum absolute atomic E-state index is 12.7. The Hall–Kier alpha value is -2.94. The lowest BCUT2D eigenvalue weighted by atomic mass is 10.1. The number of ether oxygens (including phenoxy) is 1. The first kappa shape index (κ1) is 21.8. The number of nitrogens with zero attached hydrogens (tertiary/aromatic N) is 1. The number of benzene rings is 2. The third-order valence-corrected chi connectivity index (χ3v) is 5.05. The van der Waals surface area contributed by atoms with Crippen LogP contribution >= 0.6 is 11.8 Å². The molecule has 0 aliphatic carbocycles. The molecule has 0 radical (unpaired) electrons. The van der Waals surface area contributed by atoms with Crippen molar-refractivity contribution in [2.75, 3.05) is 5.32 Å². The molecule has 0 bridgehead atoms. The van der Waals surface area contributed by atoms with Crippen LogP contribution in [0.2, 0.25) is 0 Å². The number of aromatic nitrogens is 1. The summed E-state index contributed by atoms with van der Waals surface area (Å²) in [5, 5.41) is 6.42. The van der Waals surface area contributed by atoms with Gasteiger partial charge in [-0.1, -0.05) is 29.4 Å². The van der Waals surface area contributed by atoms with Crippen LogP contribution in [0.25, 0.3) is 0 Å². The SMILES string of the molecule is Cc1noc(C)c1COc1ccc(CC(=O)Nc2ccccc2SC(F)(F)F)cc1. The summed E-state index contributed by atoms with van der Waals surface area (Å²) in [6.45, 7) is 3.96. The van der Waals surface area contributed by atoms with Crippen LogP contribution in [-0.2, 0) is 17.8 Å². The number of halogens is 3. The molecule has 1 N–H and O–H groups in total. The van der Waals surface area contributed by atoms with E-state index >= 15 is 0 Å². The zero-order valence-electron chi connectivity index (χ0n) is 16.2. The summed E-state index contributed by atoms with van der Waals surface area (Å²) in [7, 11) is 0. The summed E-state index contributed by atoms with van der Waals surface area (Å²) in [6.07, 6.45) is 0.0230. The number of hydrogen-bond acceptors (Lipinski definition) is 5. The van der Waals surface area contributed by atoms with Crippen molar-refractivity contribution in [1.29, 1.82) is 0 Å². The third-order valence-electron chi connectivity index (χ3n) is 4.24. The third kappa shape index (κ3) is 6.03. The van der Waals surface area contributed by atoms with Gasteiger partial charge in [0.05, 0.1) is 23.4 Å². The number of hydrogen-bond donors (Lipinski definition) is 1. The first-order valence-corrected chi connectivity index (χ1v) is 9.81. The first-order valence-electron chi connectivity index (χ1n) is 8.99. The highest BCUT2D eigenvalue weighted by Crippen LogP contribution is 2.40. The minimum atomic E-state index is -4.43. The monoisotopic (exact) mass is 436 g/mol. The highest BCUT2D eigenvalue weighted by Gasteiger charge is 2.30. The van der Waals surface area contributed by atoms with Crippen molar-refractivity contribution in [2.24, 2.45) is 0 Å². The molecule has 9 heteroatoms. The molecule has 0 aliphatic rings. The molecule has 1 aromatic heterocycles. The quantitative estimate of drug-likeness (QED) is 0.484. The molecule has 158 valence electrons. The van der Waals surface area contributed by atoms with Crippen molar-refractivity contribution >= 4 is 23.4 Å². The predicted octanol–water partition coefficient (Wildman–Crippen LogP) is 5.66. The summed E-state index contributed by atoms with van der Waals surface area (Å²) in [5.41, 5.74) is -1.94. The van der Waals surface area contributed by atoms with Gasteiger partial charge in [-0.25, -0.2) is 0 Å². The Morgan fingerprint density at radius 1 is 1.13 bits per heavy atom. The summed E-state index contributed by atoms with van der Waals surface area (Å²) in [5.74, 6) is 0.908. The molecule has 0 spiro atoms. The van der Waals surface area contributed by atoms with Crippen molar-refractivity contribution in [2.45, 2.75) is 37.3 Å². The summed E-state index contributed by atoms with van der Waals surface area (Å²) < 4.78 is 48.8. The van der Waals surface area contributed by atoms with E-state index in [1.54, 1.807) is 30.3 Å². The summed E-state index contributed by atoms with van der Waals surface area (Å²) in [4.78, 5) is 12.2. The Bertz CT molecular complexity index is 998. The van der Waals surface area contributed by atoms with Gasteiger partial charge in [-0.2, -0.15) is 13.2 Å². The zero-order chi connectivity index (χ0) is 21.7. The molecule has 3 rings (SSSR count). The molecule has 0 fully saturated rings. The number of anilines is 1. The minimum absolute atomic E-state index is 0.0230. The first-order chi connectivity index (χ1) is 14.2. The second kappa shape index (κ2) is 9.25. The van der Waals surface area contributed by atoms with Crippen LogP contribution in [0.4, 0.5) is 18.9 Å². The molecular formula is C21H19F3N2O3S. The maximum atomic E-state index is 12.7. The lowest BCUT2D eigenvalue weighted by Crippen LogP contribution is -2.15. The molecule has 0 aliphatic heterocycles. The molecule has 0 saturated heterocycles. The fourth-order valence-electron chi connectivity index (χ4n) is 2.73. The van der Waals surface area contributed by atoms with Gasteiger partial charge in [0, 0.05) is 4.90 Å². The van der Waals surface area contributed by atoms with Gasteiger partial charge in [0.2, 0.25) is 5.91 Å². The van der Waals surface area contributed by atoms with E-state index in [0.717, 1.165) is 11.3 Å². The fourth-order valence-corrected chi connectivity index (χ4v) is 3.36. The number of aryl methyl sites for hydroxylation is 2. The van der Waals surface area contributed by atoms with E-state index in [2.05, 4.69) is 10.5 Å². The van der Waals surface area contributed by atoms with E-state index in [-0.39, 0.29) is 28.8 Å². The van der Waals surface area contributed by atoms with Gasteiger partial charge >= 0.3 is 5.51 Å². The van der Waals surface area contributed by atoms with Crippen molar-refractivity contribution in [3.63, 3.8) is 0 Å². The molecule has 0 atom stereocenters. The number of rotatable bonds is 7. The highest BCUT2D eigenvalue weighted by atomic mass is 32.2. The molecule has 5 nitrogen and oxygen atoms in total. The Morgan fingerprint density at radius 3 is 2.47 bits per heavy atom. The van der Waals surface area contributed by atoms with Crippen LogP contribution < -0.4 is 10.1 Å². The van der Waals surface area contributed by atoms with Gasteiger partial charge in [0.25, 0.3) is 0 Å². The number of para-hydroxylation sites is 1. The number of thioether (sulfide) groups is 1. The predicted molar refractivity (Wildman–Crippen MR) is 107 cm³/mol. The standard InChI is InChI=1S/C21H19F3N2O3S/c1-13-17(14(2)29-26-13)12-28-16-9-7-15(8-10-16)11-20(27)25-18-5-3-4-6-19(18)30-21(22,23)24/h3-10H,11-12H2,1-2H3,(H,25,27). The molecule has 2 aromatic carbocycles. The largest absolute Gasteiger partial charge is 0.489 e. The molecule has 30 heavy (non-hydrogen) atoms. The van der Waals surface area contributed by atoms with Gasteiger partial charge < -0.3 is 14.6 Å². The van der Waals surface area contributed by atoms with Gasteiger partial charge in [-0.15, -0.1) is 0 Å². The fraction of sp³-hybridized carbons (Fsp3) is 0.238. The van der Waals surface area contributed by atoms with Crippen molar-refractivity contribution < 1.29 is 27.2 Å². The van der Waals surface area contributed by atoms with Crippen LogP contribution in [0, 0.1) is 13.8 Å². The van der Waals surface area contributed by atoms with E-state index < -0.39 is 11.4 Å². The average molecular weight is 436 g/mol. The highest BCUT2D eigenvalue weighted by molar-refractivity contribution is 8.00. The number of carbonyl (C=O) groups is 1. The molecule has 0 unspecified atom stereocenters. The second-order valence-corrected chi connectivity index (χ2v) is 7.61. The lowest BCUT2D eigenvalue weighted by molar-refractivity contribution is -0.115. The smallest absolute Gasteiger partial charge is 0.446 e. The molecule has 0 saturated carbocycles. The molecule has 1 amide bonds. The summed E-state index contributed by atoms with van der Waals surface area (Å²) in [6, 6.07) is 12.8. The number of amides is 1. The number of alkyl halides is 3. The normalized spacial score (nSPS) is 11.4. The van der Waals surface area contributed by atoms with Crippen molar-refractivity contribution in [3.05, 3.63) is 71.1 Å². The van der Waals surface area contributed by atoms with Crippen LogP contribution in [0.15, 0.2) is 57.9 Å². The van der Waals surface area contributed by atoms with Crippen LogP contribution in [0.5, 0.6) is 5.75 Å². The minimum Gasteiger partial charge on any atom is -0.489 e. The van der Waals surface area contributed by atoms with Crippen LogP contribution in [-0.4, -0.2) is 16.6 Å². The topological polar surface area (TPSA) is 64.4 Å². The maximum Gasteiger partial charge on any atom is 0.446 e. The molecule has 1 heterocycles. The van der Waals surface area contributed by atoms with Gasteiger partial charge in [-0.3, -0.25) is 4.79 Å². The molecule has 3 aromatic rings.